The van der Waals surface area contributed by atoms with Gasteiger partial charge in [-0.2, -0.15) is 0 Å². The van der Waals surface area contributed by atoms with Crippen LogP contribution in [0.25, 0.3) is 0 Å². The number of thiazole rings is 1. The molecule has 1 heterocycles. The molecule has 118 valence electrons. The van der Waals surface area contributed by atoms with E-state index in [1.165, 1.54) is 12.8 Å². The van der Waals surface area contributed by atoms with Crippen molar-refractivity contribution in [1.29, 1.82) is 0 Å². The van der Waals surface area contributed by atoms with Crippen LogP contribution in [0.4, 0.5) is 4.79 Å². The number of urea groups is 1. The molecule has 0 aromatic carbocycles. The second-order valence-corrected chi connectivity index (χ2v) is 6.70. The summed E-state index contributed by atoms with van der Waals surface area (Å²) in [4.78, 5) is 16.2. The lowest BCUT2D eigenvalue weighted by molar-refractivity contribution is 0.0276. The maximum absolute atomic E-state index is 11.8. The summed E-state index contributed by atoms with van der Waals surface area (Å²) in [6.45, 7) is 2.83. The van der Waals surface area contributed by atoms with Crippen LogP contribution in [0.3, 0.4) is 0 Å². The molecule has 0 bridgehead atoms. The van der Waals surface area contributed by atoms with E-state index in [0.29, 0.717) is 13.1 Å². The third kappa shape index (κ3) is 5.28. The Hall–Kier alpha value is -1.14. The van der Waals surface area contributed by atoms with Gasteiger partial charge < -0.3 is 15.7 Å². The Morgan fingerprint density at radius 2 is 2.05 bits per heavy atom. The van der Waals surface area contributed by atoms with Crippen molar-refractivity contribution in [2.75, 3.05) is 6.54 Å². The molecule has 21 heavy (non-hydrogen) atoms. The average Bonchev–Trinajstić information content (AvgIpc) is 2.84. The van der Waals surface area contributed by atoms with E-state index < -0.39 is 5.60 Å². The van der Waals surface area contributed by atoms with Crippen LogP contribution in [0, 0.1) is 0 Å². The number of carbonyl (C=O) groups excluding carboxylic acids is 1. The van der Waals surface area contributed by atoms with E-state index in [9.17, 15) is 9.90 Å². The summed E-state index contributed by atoms with van der Waals surface area (Å²) in [5.41, 5.74) is 0.157. The molecule has 0 radical (unpaired) electrons. The van der Waals surface area contributed by atoms with Gasteiger partial charge in [-0.05, 0) is 19.3 Å². The van der Waals surface area contributed by atoms with E-state index in [4.69, 9.17) is 0 Å². The van der Waals surface area contributed by atoms with E-state index >= 15 is 0 Å². The molecule has 6 heteroatoms. The number of carbonyl (C=O) groups is 1. The van der Waals surface area contributed by atoms with Crippen molar-refractivity contribution in [3.05, 3.63) is 16.1 Å². The normalized spacial score (nSPS) is 18.0. The third-order valence-corrected chi connectivity index (χ3v) is 4.99. The van der Waals surface area contributed by atoms with Gasteiger partial charge in [0.15, 0.2) is 0 Å². The van der Waals surface area contributed by atoms with Crippen molar-refractivity contribution in [1.82, 2.24) is 15.6 Å². The Morgan fingerprint density at radius 3 is 2.67 bits per heavy atom. The number of aliphatic hydroxyl groups is 1. The van der Waals surface area contributed by atoms with Gasteiger partial charge >= 0.3 is 6.03 Å². The number of hydrogen-bond acceptors (Lipinski definition) is 4. The fourth-order valence-electron chi connectivity index (χ4n) is 2.63. The minimum absolute atomic E-state index is 0.237. The second kappa shape index (κ2) is 7.75. The maximum atomic E-state index is 11.8. The van der Waals surface area contributed by atoms with Gasteiger partial charge in [-0.25, -0.2) is 9.78 Å². The lowest BCUT2D eigenvalue weighted by Gasteiger charge is -2.26. The molecule has 1 aliphatic rings. The number of amides is 2. The number of rotatable bonds is 5. The Kier molecular flexibility index (Phi) is 5.99. The summed E-state index contributed by atoms with van der Waals surface area (Å²) in [5.74, 6) is 0. The highest BCUT2D eigenvalue weighted by atomic mass is 32.1. The molecule has 0 aliphatic heterocycles. The molecule has 5 nitrogen and oxygen atoms in total. The lowest BCUT2D eigenvalue weighted by Crippen LogP contribution is -2.46. The Balaban J connectivity index is 1.71. The Labute approximate surface area is 130 Å². The van der Waals surface area contributed by atoms with Crippen LogP contribution < -0.4 is 10.6 Å². The van der Waals surface area contributed by atoms with Crippen LogP contribution in [0.5, 0.6) is 0 Å². The van der Waals surface area contributed by atoms with Crippen LogP contribution in [-0.4, -0.2) is 28.3 Å². The Morgan fingerprint density at radius 1 is 1.33 bits per heavy atom. The quantitative estimate of drug-likeness (QED) is 0.732. The monoisotopic (exact) mass is 311 g/mol. The molecule has 0 atom stereocenters. The molecule has 1 aromatic heterocycles. The first kappa shape index (κ1) is 16.2. The molecule has 1 aromatic rings. The van der Waals surface area contributed by atoms with E-state index in [2.05, 4.69) is 22.5 Å². The zero-order valence-corrected chi connectivity index (χ0v) is 13.5. The third-order valence-electron chi connectivity index (χ3n) is 3.94. The van der Waals surface area contributed by atoms with Crippen LogP contribution in [-0.2, 0) is 13.0 Å². The number of hydrogen-bond donors (Lipinski definition) is 3. The highest BCUT2D eigenvalue weighted by Gasteiger charge is 2.28. The van der Waals surface area contributed by atoms with Gasteiger partial charge in [0, 0.05) is 11.9 Å². The first-order valence-electron chi connectivity index (χ1n) is 7.79. The van der Waals surface area contributed by atoms with E-state index in [-0.39, 0.29) is 6.03 Å². The van der Waals surface area contributed by atoms with Gasteiger partial charge in [0.25, 0.3) is 0 Å². The fourth-order valence-corrected chi connectivity index (χ4v) is 3.38. The smallest absolute Gasteiger partial charge is 0.315 e. The van der Waals surface area contributed by atoms with E-state index in [0.717, 1.165) is 42.8 Å². The van der Waals surface area contributed by atoms with Gasteiger partial charge in [0.05, 0.1) is 22.8 Å². The first-order chi connectivity index (χ1) is 10.1. The zero-order valence-electron chi connectivity index (χ0n) is 12.7. The predicted octanol–water partition coefficient (Wildman–Crippen LogP) is 2.59. The van der Waals surface area contributed by atoms with Crippen molar-refractivity contribution < 1.29 is 9.90 Å². The molecular weight excluding hydrogens is 286 g/mol. The van der Waals surface area contributed by atoms with Crippen LogP contribution >= 0.6 is 11.3 Å². The molecule has 0 spiro atoms. The summed E-state index contributed by atoms with van der Waals surface area (Å²) in [6, 6.07) is -0.237. The molecule has 1 fully saturated rings. The molecule has 0 unspecified atom stereocenters. The maximum Gasteiger partial charge on any atom is 0.315 e. The van der Waals surface area contributed by atoms with Gasteiger partial charge in [-0.1, -0.05) is 32.6 Å². The van der Waals surface area contributed by atoms with Crippen molar-refractivity contribution in [3.8, 4) is 0 Å². The second-order valence-electron chi connectivity index (χ2n) is 5.76. The minimum atomic E-state index is -0.732. The molecule has 3 N–H and O–H groups in total. The van der Waals surface area contributed by atoms with Gasteiger partial charge in [0.2, 0.25) is 0 Å². The summed E-state index contributed by atoms with van der Waals surface area (Å²) < 4.78 is 0. The minimum Gasteiger partial charge on any atom is -0.388 e. The lowest BCUT2D eigenvalue weighted by atomic mass is 9.95. The van der Waals surface area contributed by atoms with Crippen molar-refractivity contribution in [2.24, 2.45) is 0 Å². The highest BCUT2D eigenvalue weighted by Crippen LogP contribution is 2.26. The molecule has 1 saturated carbocycles. The number of nitrogens with zero attached hydrogens (tertiary/aromatic N) is 1. The summed E-state index contributed by atoms with van der Waals surface area (Å²) >= 11 is 1.62. The van der Waals surface area contributed by atoms with Crippen molar-refractivity contribution in [2.45, 2.75) is 64.0 Å². The fraction of sp³-hybridized carbons (Fsp3) is 0.733. The predicted molar refractivity (Wildman–Crippen MR) is 84.4 cm³/mol. The van der Waals surface area contributed by atoms with Gasteiger partial charge in [0.1, 0.15) is 0 Å². The first-order valence-corrected chi connectivity index (χ1v) is 8.67. The Bertz CT molecular complexity index is 454. The van der Waals surface area contributed by atoms with Gasteiger partial charge in [-0.15, -0.1) is 11.3 Å². The van der Waals surface area contributed by atoms with E-state index in [1.54, 1.807) is 11.3 Å². The SMILES string of the molecule is CCc1nc(CNC(=O)NCC2(O)CCCCCC2)cs1. The molecule has 2 rings (SSSR count). The van der Waals surface area contributed by atoms with Gasteiger partial charge in [-0.3, -0.25) is 0 Å². The van der Waals surface area contributed by atoms with Crippen LogP contribution in [0.1, 0.15) is 56.2 Å². The number of aryl methyl sites for hydroxylation is 1. The molecular formula is C15H25N3O2S. The standard InChI is InChI=1S/C15H25N3O2S/c1-2-13-18-12(10-21-13)9-16-14(19)17-11-15(20)7-5-3-4-6-8-15/h10,20H,2-9,11H2,1H3,(H2,16,17,19). The van der Waals surface area contributed by atoms with E-state index in [1.807, 2.05) is 5.38 Å². The average molecular weight is 311 g/mol. The molecule has 1 aliphatic carbocycles. The van der Waals surface area contributed by atoms with Crippen LogP contribution in [0.15, 0.2) is 5.38 Å². The van der Waals surface area contributed by atoms with Crippen molar-refractivity contribution in [3.63, 3.8) is 0 Å². The van der Waals surface area contributed by atoms with Crippen molar-refractivity contribution >= 4 is 17.4 Å². The summed E-state index contributed by atoms with van der Waals surface area (Å²) in [5, 5.41) is 19.1. The largest absolute Gasteiger partial charge is 0.388 e. The number of nitrogens with one attached hydrogen (secondary N) is 2. The topological polar surface area (TPSA) is 74.2 Å². The van der Waals surface area contributed by atoms with Crippen LogP contribution in [0.2, 0.25) is 0 Å². The zero-order chi connectivity index (χ0) is 15.1. The highest BCUT2D eigenvalue weighted by molar-refractivity contribution is 7.09. The molecule has 0 saturated heterocycles. The summed E-state index contributed by atoms with van der Waals surface area (Å²) in [7, 11) is 0. The number of aromatic nitrogens is 1. The summed E-state index contributed by atoms with van der Waals surface area (Å²) in [6.07, 6.45) is 6.91. The molecule has 2 amide bonds.